The second-order valence-electron chi connectivity index (χ2n) is 7.90. The Bertz CT molecular complexity index is 1300. The van der Waals surface area contributed by atoms with Crippen LogP contribution in [0.2, 0.25) is 0 Å². The highest BCUT2D eigenvalue weighted by Crippen LogP contribution is 2.34. The van der Waals surface area contributed by atoms with Crippen molar-refractivity contribution in [3.8, 4) is 0 Å². The molecule has 178 valence electrons. The van der Waals surface area contributed by atoms with Gasteiger partial charge >= 0.3 is 12.0 Å². The molecule has 0 bridgehead atoms. The van der Waals surface area contributed by atoms with Crippen molar-refractivity contribution >= 4 is 50.0 Å². The largest absolute Gasteiger partial charge is 0.524 e. The van der Waals surface area contributed by atoms with E-state index >= 15 is 0 Å². The van der Waals surface area contributed by atoms with Crippen molar-refractivity contribution in [3.63, 3.8) is 0 Å². The number of nitrogens with one attached hydrogen (secondary N) is 1. The molecular formula is C22H24N5O5S2+. The second-order valence-corrected chi connectivity index (χ2v) is 10.5. The number of primary sulfonamides is 1. The number of hydrogen-bond donors (Lipinski definition) is 3. The fourth-order valence-electron chi connectivity index (χ4n) is 3.77. The van der Waals surface area contributed by atoms with Gasteiger partial charge in [-0.1, -0.05) is 41.7 Å². The zero-order valence-electron chi connectivity index (χ0n) is 18.1. The summed E-state index contributed by atoms with van der Waals surface area (Å²) in [4.78, 5) is 30.9. The molecule has 2 amide bonds. The Kier molecular flexibility index (Phi) is 6.66. The van der Waals surface area contributed by atoms with Crippen LogP contribution in [-0.2, 0) is 21.4 Å². The average Bonchev–Trinajstić information content (AvgIpc) is 3.45. The molecule has 1 aliphatic heterocycles. The van der Waals surface area contributed by atoms with Crippen LogP contribution in [-0.4, -0.2) is 43.0 Å². The number of nitrogens with two attached hydrogens (primary N) is 2. The van der Waals surface area contributed by atoms with Gasteiger partial charge in [0.15, 0.2) is 15.8 Å². The molecule has 34 heavy (non-hydrogen) atoms. The van der Waals surface area contributed by atoms with Gasteiger partial charge in [-0.3, -0.25) is 0 Å². The minimum absolute atomic E-state index is 0.0129. The molecule has 1 saturated heterocycles. The third-order valence-electron chi connectivity index (χ3n) is 5.55. The zero-order chi connectivity index (χ0) is 24.3. The Labute approximate surface area is 200 Å². The SMILES string of the molecule is Nc1nc(Nc2ccc(S(N)(=O)=O)cc2)sc1C(=O)[N+]1(C(=O)OCc2ccccc2)CCCC1. The van der Waals surface area contributed by atoms with Gasteiger partial charge in [-0.2, -0.15) is 9.28 Å². The van der Waals surface area contributed by atoms with Gasteiger partial charge < -0.3 is 15.8 Å². The summed E-state index contributed by atoms with van der Waals surface area (Å²) in [5, 5.41) is 8.44. The number of carbonyl (C=O) groups is 2. The first-order valence-electron chi connectivity index (χ1n) is 10.5. The maximum atomic E-state index is 13.5. The first kappa shape index (κ1) is 23.8. The van der Waals surface area contributed by atoms with Crippen LogP contribution in [0.25, 0.3) is 0 Å². The number of aromatic nitrogens is 1. The molecule has 1 fully saturated rings. The highest BCUT2D eigenvalue weighted by atomic mass is 32.2. The number of carbonyl (C=O) groups excluding carboxylic acids is 2. The molecule has 10 nitrogen and oxygen atoms in total. The van der Waals surface area contributed by atoms with Gasteiger partial charge in [-0.25, -0.2) is 23.3 Å². The molecular weight excluding hydrogens is 478 g/mol. The number of imide groups is 1. The van der Waals surface area contributed by atoms with Crippen LogP contribution in [0.1, 0.15) is 28.1 Å². The highest BCUT2D eigenvalue weighted by molar-refractivity contribution is 7.89. The summed E-state index contributed by atoms with van der Waals surface area (Å²) in [5.41, 5.74) is 7.42. The first-order chi connectivity index (χ1) is 16.2. The minimum Gasteiger partial charge on any atom is -0.415 e. The van der Waals surface area contributed by atoms with Crippen molar-refractivity contribution in [3.05, 3.63) is 65.0 Å². The number of quaternary nitrogens is 1. The number of rotatable bonds is 6. The molecule has 4 rings (SSSR count). The molecule has 3 aromatic rings. The standard InChI is InChI=1S/C22H23N5O5S2/c23-19-18(33-21(26-19)25-16-8-10-17(11-9-16)34(24,30)31)20(28)27(12-4-5-13-27)22(29)32-14-15-6-2-1-3-7-15/h1-3,6-11H,4-5,12-14H2,(H4-,23,24,25,26,28,30,31)/p+1. The summed E-state index contributed by atoms with van der Waals surface area (Å²) >= 11 is 1.03. The van der Waals surface area contributed by atoms with E-state index < -0.39 is 26.5 Å². The van der Waals surface area contributed by atoms with E-state index in [9.17, 15) is 18.0 Å². The molecule has 0 aliphatic carbocycles. The highest BCUT2D eigenvalue weighted by Gasteiger charge is 2.51. The first-order valence-corrected chi connectivity index (χ1v) is 12.8. The van der Waals surface area contributed by atoms with Gasteiger partial charge in [0.1, 0.15) is 6.61 Å². The number of sulfonamides is 1. The van der Waals surface area contributed by atoms with Crippen LogP contribution in [0, 0.1) is 0 Å². The molecule has 0 spiro atoms. The van der Waals surface area contributed by atoms with Gasteiger partial charge in [0.2, 0.25) is 10.0 Å². The topological polar surface area (TPSA) is 154 Å². The molecule has 2 heterocycles. The number of benzene rings is 2. The van der Waals surface area contributed by atoms with Crippen molar-refractivity contribution in [1.82, 2.24) is 4.98 Å². The molecule has 12 heteroatoms. The molecule has 5 N–H and O–H groups in total. The number of ether oxygens (including phenoxy) is 1. The Morgan fingerprint density at radius 1 is 1.06 bits per heavy atom. The smallest absolute Gasteiger partial charge is 0.415 e. The van der Waals surface area contributed by atoms with E-state index in [1.54, 1.807) is 0 Å². The maximum absolute atomic E-state index is 13.5. The van der Waals surface area contributed by atoms with Crippen LogP contribution >= 0.6 is 11.3 Å². The predicted molar refractivity (Wildman–Crippen MR) is 128 cm³/mol. The molecule has 1 aromatic heterocycles. The summed E-state index contributed by atoms with van der Waals surface area (Å²) < 4.78 is 27.9. The van der Waals surface area contributed by atoms with E-state index in [1.165, 1.54) is 24.3 Å². The number of anilines is 3. The Balaban J connectivity index is 1.52. The molecule has 1 aliphatic rings. The van der Waals surface area contributed by atoms with Crippen LogP contribution in [0.5, 0.6) is 0 Å². The Hall–Kier alpha value is -3.32. The van der Waals surface area contributed by atoms with E-state index in [0.717, 1.165) is 16.9 Å². The summed E-state index contributed by atoms with van der Waals surface area (Å²) in [7, 11) is -3.80. The number of hydrogen-bond acceptors (Lipinski definition) is 9. The molecule has 0 radical (unpaired) electrons. The van der Waals surface area contributed by atoms with Crippen LogP contribution in [0.3, 0.4) is 0 Å². The lowest BCUT2D eigenvalue weighted by Gasteiger charge is -2.26. The van der Waals surface area contributed by atoms with Gasteiger partial charge in [0, 0.05) is 18.5 Å². The normalized spacial score (nSPS) is 15.1. The third-order valence-corrected chi connectivity index (χ3v) is 7.46. The number of nitrogens with zero attached hydrogens (tertiary/aromatic N) is 2. The fraction of sp³-hybridized carbons (Fsp3) is 0.227. The third kappa shape index (κ3) is 4.94. The van der Waals surface area contributed by atoms with E-state index in [2.05, 4.69) is 10.3 Å². The number of likely N-dealkylation sites (tertiary alicyclic amines) is 1. The number of amides is 2. The number of nitrogen functional groups attached to an aromatic ring is 1. The van der Waals surface area contributed by atoms with Crippen LogP contribution < -0.4 is 16.2 Å². The summed E-state index contributed by atoms with van der Waals surface area (Å²) in [6.45, 7) is 0.746. The van der Waals surface area contributed by atoms with Crippen molar-refractivity contribution in [2.45, 2.75) is 24.3 Å². The lowest BCUT2D eigenvalue weighted by Crippen LogP contribution is -2.55. The van der Waals surface area contributed by atoms with Crippen molar-refractivity contribution in [2.24, 2.45) is 5.14 Å². The van der Waals surface area contributed by atoms with Crippen LogP contribution in [0.15, 0.2) is 59.5 Å². The van der Waals surface area contributed by atoms with Gasteiger partial charge in [-0.05, 0) is 29.8 Å². The van der Waals surface area contributed by atoms with Gasteiger partial charge in [-0.15, -0.1) is 0 Å². The van der Waals surface area contributed by atoms with Crippen molar-refractivity contribution < 1.29 is 27.2 Å². The van der Waals surface area contributed by atoms with E-state index in [-0.39, 0.29) is 22.2 Å². The van der Waals surface area contributed by atoms with E-state index in [1.807, 2.05) is 30.3 Å². The lowest BCUT2D eigenvalue weighted by molar-refractivity contribution is -0.762. The van der Waals surface area contributed by atoms with E-state index in [0.29, 0.717) is 36.8 Å². The molecule has 0 atom stereocenters. The molecule has 0 unspecified atom stereocenters. The van der Waals surface area contributed by atoms with Crippen LogP contribution in [0.4, 0.5) is 21.4 Å². The number of thiazole rings is 1. The Morgan fingerprint density at radius 3 is 2.32 bits per heavy atom. The van der Waals surface area contributed by atoms with Crippen molar-refractivity contribution in [1.29, 1.82) is 0 Å². The second kappa shape index (κ2) is 9.50. The summed E-state index contributed by atoms with van der Waals surface area (Å²) in [5.74, 6) is -0.429. The maximum Gasteiger partial charge on any atom is 0.524 e. The minimum atomic E-state index is -3.80. The average molecular weight is 503 g/mol. The summed E-state index contributed by atoms with van der Waals surface area (Å²) in [6.07, 6.45) is 0.825. The quantitative estimate of drug-likeness (QED) is 0.434. The fourth-order valence-corrected chi connectivity index (χ4v) is 5.21. The molecule has 0 saturated carbocycles. The Morgan fingerprint density at radius 2 is 1.71 bits per heavy atom. The summed E-state index contributed by atoms with van der Waals surface area (Å²) in [6, 6.07) is 15.0. The van der Waals surface area contributed by atoms with Crippen molar-refractivity contribution in [2.75, 3.05) is 24.1 Å². The monoisotopic (exact) mass is 502 g/mol. The lowest BCUT2D eigenvalue weighted by atomic mass is 10.2. The zero-order valence-corrected chi connectivity index (χ0v) is 19.8. The van der Waals surface area contributed by atoms with E-state index in [4.69, 9.17) is 15.6 Å². The van der Waals surface area contributed by atoms with Gasteiger partial charge in [0.25, 0.3) is 0 Å². The molecule has 2 aromatic carbocycles. The van der Waals surface area contributed by atoms with Gasteiger partial charge in [0.05, 0.1) is 18.0 Å². The predicted octanol–water partition coefficient (Wildman–Crippen LogP) is 3.20.